The maximum Gasteiger partial charge on any atom is 0.262 e. The third-order valence-electron chi connectivity index (χ3n) is 4.54. The number of amides is 2. The predicted octanol–water partition coefficient (Wildman–Crippen LogP) is 1.37. The normalized spacial score (nSPS) is 13.5. The molecule has 1 aliphatic heterocycles. The van der Waals surface area contributed by atoms with E-state index < -0.39 is 10.0 Å². The fourth-order valence-corrected chi connectivity index (χ4v) is 4.25. The summed E-state index contributed by atoms with van der Waals surface area (Å²) in [6.45, 7) is 2.37. The van der Waals surface area contributed by atoms with Crippen LogP contribution in [0, 0.1) is 6.92 Å². The van der Waals surface area contributed by atoms with Gasteiger partial charge in [0, 0.05) is 24.3 Å². The number of likely N-dealkylation sites (N-methyl/N-ethyl adjacent to an activating group) is 1. The lowest BCUT2D eigenvalue weighted by Gasteiger charge is -2.16. The number of anilines is 2. The Balaban J connectivity index is 1.53. The molecule has 1 aliphatic rings. The van der Waals surface area contributed by atoms with E-state index >= 15 is 0 Å². The summed E-state index contributed by atoms with van der Waals surface area (Å²) in [7, 11) is -2.14. The van der Waals surface area contributed by atoms with Crippen LogP contribution in [-0.4, -0.2) is 62.6 Å². The van der Waals surface area contributed by atoms with E-state index in [2.05, 4.69) is 25.3 Å². The highest BCUT2D eigenvalue weighted by molar-refractivity contribution is 7.90. The minimum atomic E-state index is -3.78. The van der Waals surface area contributed by atoms with E-state index in [0.29, 0.717) is 30.3 Å². The molecule has 0 saturated carbocycles. The largest absolute Gasteiger partial charge is 0.325 e. The van der Waals surface area contributed by atoms with Gasteiger partial charge in [0.15, 0.2) is 0 Å². The number of aryl methyl sites for hydroxylation is 1. The van der Waals surface area contributed by atoms with Crippen LogP contribution in [0.1, 0.15) is 18.5 Å². The topological polar surface area (TPSA) is 133 Å². The van der Waals surface area contributed by atoms with E-state index in [1.165, 1.54) is 12.1 Å². The average molecular weight is 459 g/mol. The number of nitrogens with one attached hydrogen (secondary N) is 3. The van der Waals surface area contributed by atoms with Crippen molar-refractivity contribution in [2.45, 2.75) is 24.7 Å². The van der Waals surface area contributed by atoms with Crippen molar-refractivity contribution in [3.63, 3.8) is 0 Å². The number of carbonyl (C=O) groups is 2. The van der Waals surface area contributed by atoms with Gasteiger partial charge in [-0.3, -0.25) is 24.2 Å². The Labute approximate surface area is 187 Å². The number of hydrogen-bond donors (Lipinski definition) is 3. The second-order valence-corrected chi connectivity index (χ2v) is 9.18. The first-order valence-corrected chi connectivity index (χ1v) is 11.6. The van der Waals surface area contributed by atoms with E-state index in [4.69, 9.17) is 0 Å². The highest BCUT2D eigenvalue weighted by Gasteiger charge is 2.19. The van der Waals surface area contributed by atoms with Gasteiger partial charge in [0.05, 0.1) is 18.0 Å². The lowest BCUT2D eigenvalue weighted by atomic mass is 10.3. The summed E-state index contributed by atoms with van der Waals surface area (Å²) in [5, 5.41) is 5.35. The highest BCUT2D eigenvalue weighted by Crippen LogP contribution is 2.16. The van der Waals surface area contributed by atoms with E-state index in [-0.39, 0.29) is 29.8 Å². The smallest absolute Gasteiger partial charge is 0.262 e. The van der Waals surface area contributed by atoms with Gasteiger partial charge in [0.1, 0.15) is 11.7 Å². The Morgan fingerprint density at radius 2 is 1.78 bits per heavy atom. The van der Waals surface area contributed by atoms with Crippen molar-refractivity contribution < 1.29 is 18.0 Å². The molecule has 10 nitrogen and oxygen atoms in total. The predicted molar refractivity (Wildman–Crippen MR) is 122 cm³/mol. The van der Waals surface area contributed by atoms with Crippen LogP contribution in [0.25, 0.3) is 0 Å². The number of nitrogens with zero attached hydrogens (tertiary/aromatic N) is 3. The molecule has 0 radical (unpaired) electrons. The number of rotatable bonds is 8. The van der Waals surface area contributed by atoms with Gasteiger partial charge in [-0.25, -0.2) is 13.4 Å². The molecular formula is C21H26N6O4S. The summed E-state index contributed by atoms with van der Waals surface area (Å²) in [6.07, 6.45) is 1.41. The molecule has 0 aliphatic carbocycles. The third kappa shape index (κ3) is 6.86. The Kier molecular flexibility index (Phi) is 7.54. The second-order valence-electron chi connectivity index (χ2n) is 7.50. The maximum absolute atomic E-state index is 12.5. The van der Waals surface area contributed by atoms with Gasteiger partial charge in [-0.05, 0) is 50.7 Å². The fraction of sp³-hybridized carbons (Fsp3) is 0.333. The van der Waals surface area contributed by atoms with Gasteiger partial charge in [-0.2, -0.15) is 0 Å². The summed E-state index contributed by atoms with van der Waals surface area (Å²) < 4.78 is 27.5. The number of sulfonamides is 1. The van der Waals surface area contributed by atoms with Crippen molar-refractivity contribution >= 4 is 39.2 Å². The molecule has 2 aromatic rings. The zero-order valence-electron chi connectivity index (χ0n) is 18.0. The van der Waals surface area contributed by atoms with E-state index in [1.807, 2.05) is 13.0 Å². The first kappa shape index (κ1) is 23.4. The molecule has 0 spiro atoms. The molecule has 170 valence electrons. The van der Waals surface area contributed by atoms with Crippen molar-refractivity contribution in [2.75, 3.05) is 37.3 Å². The molecule has 0 unspecified atom stereocenters. The Bertz CT molecular complexity index is 1130. The summed E-state index contributed by atoms with van der Waals surface area (Å²) in [6, 6.07) is 11.3. The van der Waals surface area contributed by atoms with Gasteiger partial charge in [0.25, 0.3) is 10.0 Å². The summed E-state index contributed by atoms with van der Waals surface area (Å²) in [5.41, 5.74) is 1.12. The van der Waals surface area contributed by atoms with Crippen LogP contribution in [0.4, 0.5) is 11.5 Å². The molecule has 0 saturated heterocycles. The second kappa shape index (κ2) is 10.3. The number of amidine groups is 1. The quantitative estimate of drug-likeness (QED) is 0.547. The van der Waals surface area contributed by atoms with Crippen LogP contribution in [0.5, 0.6) is 0 Å². The standard InChI is InChI=1S/C21H26N6O4S/c1-15-6-3-9-19(23-15)25-21(29)14-27(2)13-20(28)24-16-7-4-8-17(12-16)32(30,31)26-18-10-5-11-22-18/h3-4,6-9,12H,5,10-11,13-14H2,1-2H3,(H,22,26)(H,24,28)(H,23,25,29). The molecule has 0 bridgehead atoms. The Morgan fingerprint density at radius 1 is 1.06 bits per heavy atom. The monoisotopic (exact) mass is 458 g/mol. The van der Waals surface area contributed by atoms with E-state index in [9.17, 15) is 18.0 Å². The number of aromatic nitrogens is 1. The molecule has 11 heteroatoms. The van der Waals surface area contributed by atoms with Crippen molar-refractivity contribution in [3.8, 4) is 0 Å². The molecule has 1 aromatic heterocycles. The number of pyridine rings is 1. The zero-order valence-corrected chi connectivity index (χ0v) is 18.8. The molecule has 0 fully saturated rings. The molecule has 32 heavy (non-hydrogen) atoms. The van der Waals surface area contributed by atoms with Crippen molar-refractivity contribution in [2.24, 2.45) is 4.99 Å². The van der Waals surface area contributed by atoms with Crippen LogP contribution >= 0.6 is 0 Å². The zero-order chi connectivity index (χ0) is 23.1. The van der Waals surface area contributed by atoms with E-state index in [1.54, 1.807) is 36.2 Å². The summed E-state index contributed by atoms with van der Waals surface area (Å²) >= 11 is 0. The third-order valence-corrected chi connectivity index (χ3v) is 5.92. The van der Waals surface area contributed by atoms with Crippen molar-refractivity contribution in [1.29, 1.82) is 0 Å². The molecule has 3 rings (SSSR count). The van der Waals surface area contributed by atoms with Gasteiger partial charge >= 0.3 is 0 Å². The van der Waals surface area contributed by atoms with Crippen LogP contribution in [0.2, 0.25) is 0 Å². The van der Waals surface area contributed by atoms with Crippen molar-refractivity contribution in [3.05, 3.63) is 48.2 Å². The Hall–Kier alpha value is -3.31. The lowest BCUT2D eigenvalue weighted by molar-refractivity contribution is -0.119. The maximum atomic E-state index is 12.5. The number of carbonyl (C=O) groups excluding carboxylic acids is 2. The van der Waals surface area contributed by atoms with Gasteiger partial charge in [-0.1, -0.05) is 12.1 Å². The molecule has 1 aromatic carbocycles. The first-order chi connectivity index (χ1) is 15.2. The number of hydrogen-bond acceptors (Lipinski definition) is 7. The molecular weight excluding hydrogens is 432 g/mol. The molecule has 3 N–H and O–H groups in total. The molecule has 2 amide bonds. The minimum Gasteiger partial charge on any atom is -0.325 e. The first-order valence-electron chi connectivity index (χ1n) is 10.1. The molecule has 2 heterocycles. The summed E-state index contributed by atoms with van der Waals surface area (Å²) in [5.74, 6) is 0.215. The van der Waals surface area contributed by atoms with Gasteiger partial charge in [0.2, 0.25) is 11.8 Å². The van der Waals surface area contributed by atoms with Gasteiger partial charge in [-0.15, -0.1) is 0 Å². The highest BCUT2D eigenvalue weighted by atomic mass is 32.2. The SMILES string of the molecule is Cc1cccc(NC(=O)CN(C)CC(=O)Nc2cccc(S(=O)(=O)NC3=NCCC3)c2)n1. The number of aliphatic imine (C=N–C) groups is 1. The van der Waals surface area contributed by atoms with Crippen LogP contribution in [0.15, 0.2) is 52.4 Å². The summed E-state index contributed by atoms with van der Waals surface area (Å²) in [4.78, 5) is 34.4. The molecule has 0 atom stereocenters. The van der Waals surface area contributed by atoms with Gasteiger partial charge < -0.3 is 10.6 Å². The van der Waals surface area contributed by atoms with Crippen LogP contribution < -0.4 is 15.4 Å². The fourth-order valence-electron chi connectivity index (χ4n) is 3.12. The van der Waals surface area contributed by atoms with E-state index in [0.717, 1.165) is 12.1 Å². The van der Waals surface area contributed by atoms with Crippen LogP contribution in [-0.2, 0) is 19.6 Å². The number of benzene rings is 1. The van der Waals surface area contributed by atoms with Crippen molar-refractivity contribution in [1.82, 2.24) is 14.6 Å². The Morgan fingerprint density at radius 3 is 2.47 bits per heavy atom. The lowest BCUT2D eigenvalue weighted by Crippen LogP contribution is -2.36. The average Bonchev–Trinajstić information content (AvgIpc) is 3.20. The van der Waals surface area contributed by atoms with Crippen LogP contribution in [0.3, 0.4) is 0 Å². The minimum absolute atomic E-state index is 0.0104.